The molecule has 0 heterocycles. The van der Waals surface area contributed by atoms with Crippen molar-refractivity contribution in [3.63, 3.8) is 0 Å². The summed E-state index contributed by atoms with van der Waals surface area (Å²) in [6.45, 7) is 5.45. The van der Waals surface area contributed by atoms with Crippen LogP contribution in [0.5, 0.6) is 11.5 Å². The number of halogens is 2. The lowest BCUT2D eigenvalue weighted by molar-refractivity contribution is 0.471. The zero-order valence-electron chi connectivity index (χ0n) is 11.5. The van der Waals surface area contributed by atoms with Crippen LogP contribution in [0.1, 0.15) is 18.1 Å². The Kier molecular flexibility index (Phi) is 5.15. The molecule has 2 aromatic carbocycles. The molecule has 0 fully saturated rings. The number of hydrogen-bond donors (Lipinski definition) is 1. The third-order valence-electron chi connectivity index (χ3n) is 2.87. The molecule has 2 nitrogen and oxygen atoms in total. The highest BCUT2D eigenvalue weighted by Crippen LogP contribution is 2.28. The van der Waals surface area contributed by atoms with Gasteiger partial charge in [0.15, 0.2) is 0 Å². The first-order valence-corrected chi connectivity index (χ1v) is 7.32. The highest BCUT2D eigenvalue weighted by Gasteiger charge is 2.05. The predicted octanol–water partition coefficient (Wildman–Crippen LogP) is 4.80. The van der Waals surface area contributed by atoms with E-state index in [9.17, 15) is 4.39 Å². The van der Waals surface area contributed by atoms with Crippen LogP contribution in [0.15, 0.2) is 40.9 Å². The smallest absolute Gasteiger partial charge is 0.130 e. The van der Waals surface area contributed by atoms with Crippen LogP contribution < -0.4 is 10.1 Å². The van der Waals surface area contributed by atoms with Crippen molar-refractivity contribution >= 4 is 15.9 Å². The van der Waals surface area contributed by atoms with Crippen molar-refractivity contribution < 1.29 is 9.13 Å². The van der Waals surface area contributed by atoms with Gasteiger partial charge in [0.25, 0.3) is 0 Å². The van der Waals surface area contributed by atoms with E-state index in [1.807, 2.05) is 38.1 Å². The first kappa shape index (κ1) is 15.0. The quantitative estimate of drug-likeness (QED) is 0.846. The highest BCUT2D eigenvalue weighted by atomic mass is 79.9. The van der Waals surface area contributed by atoms with Gasteiger partial charge in [0.2, 0.25) is 0 Å². The second kappa shape index (κ2) is 6.86. The van der Waals surface area contributed by atoms with Crippen LogP contribution in [0.2, 0.25) is 0 Å². The van der Waals surface area contributed by atoms with E-state index in [0.29, 0.717) is 12.3 Å². The fourth-order valence-corrected chi connectivity index (χ4v) is 2.38. The SMILES string of the molecule is CCNCc1cc(F)cc(Oc2ccc(Br)cc2C)c1. The molecule has 0 unspecified atom stereocenters. The van der Waals surface area contributed by atoms with Gasteiger partial charge < -0.3 is 10.1 Å². The molecule has 2 rings (SSSR count). The van der Waals surface area contributed by atoms with Crippen LogP contribution in [-0.4, -0.2) is 6.54 Å². The van der Waals surface area contributed by atoms with E-state index in [4.69, 9.17) is 4.74 Å². The van der Waals surface area contributed by atoms with Crippen molar-refractivity contribution in [3.05, 3.63) is 57.8 Å². The van der Waals surface area contributed by atoms with Gasteiger partial charge in [0.05, 0.1) is 0 Å². The average molecular weight is 338 g/mol. The number of nitrogens with one attached hydrogen (secondary N) is 1. The van der Waals surface area contributed by atoms with Gasteiger partial charge in [-0.1, -0.05) is 22.9 Å². The van der Waals surface area contributed by atoms with Crippen molar-refractivity contribution in [3.8, 4) is 11.5 Å². The lowest BCUT2D eigenvalue weighted by Crippen LogP contribution is -2.11. The predicted molar refractivity (Wildman–Crippen MR) is 82.7 cm³/mol. The minimum absolute atomic E-state index is 0.287. The molecule has 0 aromatic heterocycles. The zero-order chi connectivity index (χ0) is 14.5. The topological polar surface area (TPSA) is 21.3 Å². The first-order chi connectivity index (χ1) is 9.58. The Hall–Kier alpha value is -1.39. The summed E-state index contributed by atoms with van der Waals surface area (Å²) in [5, 5.41) is 3.17. The molecule has 1 N–H and O–H groups in total. The Bertz CT molecular complexity index is 601. The van der Waals surface area contributed by atoms with Gasteiger partial charge in [-0.25, -0.2) is 4.39 Å². The van der Waals surface area contributed by atoms with E-state index in [2.05, 4.69) is 21.2 Å². The Morgan fingerprint density at radius 1 is 1.20 bits per heavy atom. The molecule has 106 valence electrons. The van der Waals surface area contributed by atoms with Crippen molar-refractivity contribution in [1.29, 1.82) is 0 Å². The maximum Gasteiger partial charge on any atom is 0.130 e. The summed E-state index contributed by atoms with van der Waals surface area (Å²) in [4.78, 5) is 0. The van der Waals surface area contributed by atoms with Crippen molar-refractivity contribution in [1.82, 2.24) is 5.32 Å². The van der Waals surface area contributed by atoms with E-state index in [0.717, 1.165) is 27.9 Å². The maximum absolute atomic E-state index is 13.6. The summed E-state index contributed by atoms with van der Waals surface area (Å²) in [6, 6.07) is 10.5. The van der Waals surface area contributed by atoms with E-state index in [1.54, 1.807) is 0 Å². The largest absolute Gasteiger partial charge is 0.457 e. The molecular formula is C16H17BrFNO. The molecule has 0 atom stereocenters. The molecule has 0 spiro atoms. The van der Waals surface area contributed by atoms with Crippen LogP contribution in [0.4, 0.5) is 4.39 Å². The van der Waals surface area contributed by atoms with E-state index in [1.165, 1.54) is 12.1 Å². The average Bonchev–Trinajstić information content (AvgIpc) is 2.39. The molecule has 0 aliphatic carbocycles. The molecule has 0 amide bonds. The lowest BCUT2D eigenvalue weighted by Gasteiger charge is -2.11. The Morgan fingerprint density at radius 3 is 2.70 bits per heavy atom. The molecule has 0 bridgehead atoms. The molecule has 0 aliphatic heterocycles. The van der Waals surface area contributed by atoms with Gasteiger partial charge in [-0.15, -0.1) is 0 Å². The standard InChI is InChI=1S/C16H17BrFNO/c1-3-19-10-12-7-14(18)9-15(8-12)20-16-5-4-13(17)6-11(16)2/h4-9,19H,3,10H2,1-2H3. The number of rotatable bonds is 5. The maximum atomic E-state index is 13.6. The monoisotopic (exact) mass is 337 g/mol. The van der Waals surface area contributed by atoms with Crippen molar-refractivity contribution in [2.24, 2.45) is 0 Å². The van der Waals surface area contributed by atoms with Gasteiger partial charge in [-0.3, -0.25) is 0 Å². The van der Waals surface area contributed by atoms with Crippen LogP contribution in [0, 0.1) is 12.7 Å². The molecular weight excluding hydrogens is 321 g/mol. The molecule has 4 heteroatoms. The number of ether oxygens (including phenoxy) is 1. The summed E-state index contributed by atoms with van der Waals surface area (Å²) in [6.07, 6.45) is 0. The van der Waals surface area contributed by atoms with E-state index < -0.39 is 0 Å². The van der Waals surface area contributed by atoms with Crippen molar-refractivity contribution in [2.75, 3.05) is 6.54 Å². The van der Waals surface area contributed by atoms with Gasteiger partial charge in [-0.2, -0.15) is 0 Å². The first-order valence-electron chi connectivity index (χ1n) is 6.52. The summed E-state index contributed by atoms with van der Waals surface area (Å²) in [7, 11) is 0. The van der Waals surface area contributed by atoms with Gasteiger partial charge in [0.1, 0.15) is 17.3 Å². The summed E-state index contributed by atoms with van der Waals surface area (Å²) in [5.41, 5.74) is 1.87. The van der Waals surface area contributed by atoms with Crippen LogP contribution in [0.25, 0.3) is 0 Å². The molecule has 0 aliphatic rings. The Balaban J connectivity index is 2.21. The molecule has 2 aromatic rings. The summed E-state index contributed by atoms with van der Waals surface area (Å²) >= 11 is 3.41. The minimum Gasteiger partial charge on any atom is -0.457 e. The van der Waals surface area contributed by atoms with Crippen LogP contribution in [0.3, 0.4) is 0 Å². The molecule has 0 radical (unpaired) electrons. The normalized spacial score (nSPS) is 10.6. The van der Waals surface area contributed by atoms with E-state index in [-0.39, 0.29) is 5.82 Å². The van der Waals surface area contributed by atoms with Gasteiger partial charge >= 0.3 is 0 Å². The fraction of sp³-hybridized carbons (Fsp3) is 0.250. The number of benzene rings is 2. The summed E-state index contributed by atoms with van der Waals surface area (Å²) < 4.78 is 20.4. The molecule has 20 heavy (non-hydrogen) atoms. The number of hydrogen-bond acceptors (Lipinski definition) is 2. The Morgan fingerprint density at radius 2 is 2.00 bits per heavy atom. The second-order valence-electron chi connectivity index (χ2n) is 4.59. The van der Waals surface area contributed by atoms with Crippen LogP contribution in [-0.2, 0) is 6.54 Å². The fourth-order valence-electron chi connectivity index (χ4n) is 1.91. The molecule has 0 saturated heterocycles. The third kappa shape index (κ3) is 4.05. The summed E-state index contributed by atoms with van der Waals surface area (Å²) in [5.74, 6) is 0.960. The second-order valence-corrected chi connectivity index (χ2v) is 5.50. The number of aryl methyl sites for hydroxylation is 1. The zero-order valence-corrected chi connectivity index (χ0v) is 13.1. The third-order valence-corrected chi connectivity index (χ3v) is 3.37. The van der Waals surface area contributed by atoms with Gasteiger partial charge in [0, 0.05) is 17.1 Å². The molecule has 0 saturated carbocycles. The van der Waals surface area contributed by atoms with Crippen LogP contribution >= 0.6 is 15.9 Å². The van der Waals surface area contributed by atoms with E-state index >= 15 is 0 Å². The highest BCUT2D eigenvalue weighted by molar-refractivity contribution is 9.10. The Labute approximate surface area is 127 Å². The minimum atomic E-state index is -0.287. The lowest BCUT2D eigenvalue weighted by atomic mass is 10.2. The van der Waals surface area contributed by atoms with Crippen molar-refractivity contribution in [2.45, 2.75) is 20.4 Å². The van der Waals surface area contributed by atoms with Gasteiger partial charge in [-0.05, 0) is 54.9 Å².